The van der Waals surface area contributed by atoms with Gasteiger partial charge in [-0.15, -0.1) is 11.3 Å². The maximum Gasteiger partial charge on any atom is 0.257 e. The Morgan fingerprint density at radius 2 is 1.97 bits per heavy atom. The molecule has 0 fully saturated rings. The number of hydrogen-bond donors (Lipinski definition) is 2. The molecular weight excluding hydrogens is 414 g/mol. The third kappa shape index (κ3) is 4.30. The zero-order valence-electron chi connectivity index (χ0n) is 14.9. The maximum absolute atomic E-state index is 13.3. The minimum Gasteiger partial charge on any atom is -0.337 e. The van der Waals surface area contributed by atoms with Crippen LogP contribution in [0.3, 0.4) is 0 Å². The Hall–Kier alpha value is -3.17. The van der Waals surface area contributed by atoms with Crippen LogP contribution in [0.1, 0.15) is 20.8 Å². The van der Waals surface area contributed by atoms with Crippen molar-refractivity contribution in [3.63, 3.8) is 0 Å². The van der Waals surface area contributed by atoms with Crippen molar-refractivity contribution in [1.29, 1.82) is 0 Å². The topological polar surface area (TPSA) is 62.7 Å². The summed E-state index contributed by atoms with van der Waals surface area (Å²) in [5.41, 5.74) is 1.95. The Morgan fingerprint density at radius 1 is 1.17 bits per heavy atom. The van der Waals surface area contributed by atoms with Gasteiger partial charge in [0.05, 0.1) is 0 Å². The average molecular weight is 428 g/mol. The predicted molar refractivity (Wildman–Crippen MR) is 110 cm³/mol. The number of nitrogens with zero attached hydrogens (tertiary/aromatic N) is 2. The first-order valence-electron chi connectivity index (χ1n) is 8.56. The Bertz CT molecular complexity index is 1230. The fourth-order valence-corrected chi connectivity index (χ4v) is 3.84. The van der Waals surface area contributed by atoms with Crippen molar-refractivity contribution >= 4 is 34.6 Å². The fraction of sp³-hybridized carbons (Fsp3) is 0.0500. The highest BCUT2D eigenvalue weighted by molar-refractivity contribution is 7.71. The van der Waals surface area contributed by atoms with Crippen LogP contribution in [0.15, 0.2) is 61.1 Å². The Balaban J connectivity index is 1.43. The SMILES string of the molecule is O=C(Nc1ncc(Cc2ccc(F)c(F)c2)s1)c1ccc(-n2cc[nH]c2=S)cc1. The van der Waals surface area contributed by atoms with Crippen LogP contribution in [0.4, 0.5) is 13.9 Å². The van der Waals surface area contributed by atoms with Crippen LogP contribution < -0.4 is 5.32 Å². The number of benzene rings is 2. The molecule has 0 aliphatic heterocycles. The molecule has 2 heterocycles. The molecule has 2 N–H and O–H groups in total. The first kappa shape index (κ1) is 19.2. The summed E-state index contributed by atoms with van der Waals surface area (Å²) in [6, 6.07) is 10.8. The number of carbonyl (C=O) groups is 1. The summed E-state index contributed by atoms with van der Waals surface area (Å²) < 4.78 is 28.7. The van der Waals surface area contributed by atoms with Gasteiger partial charge in [-0.2, -0.15) is 0 Å². The second-order valence-corrected chi connectivity index (χ2v) is 7.70. The maximum atomic E-state index is 13.3. The summed E-state index contributed by atoms with van der Waals surface area (Å²) in [5.74, 6) is -2.05. The van der Waals surface area contributed by atoms with Gasteiger partial charge in [-0.05, 0) is 54.2 Å². The fourth-order valence-electron chi connectivity index (χ4n) is 2.76. The van der Waals surface area contributed by atoms with Gasteiger partial charge in [0.25, 0.3) is 5.91 Å². The van der Waals surface area contributed by atoms with Crippen LogP contribution in [0.25, 0.3) is 5.69 Å². The van der Waals surface area contributed by atoms with E-state index < -0.39 is 11.6 Å². The Morgan fingerprint density at radius 3 is 2.66 bits per heavy atom. The van der Waals surface area contributed by atoms with E-state index in [2.05, 4.69) is 15.3 Å². The van der Waals surface area contributed by atoms with Gasteiger partial charge in [0, 0.05) is 41.1 Å². The highest BCUT2D eigenvalue weighted by Gasteiger charge is 2.11. The summed E-state index contributed by atoms with van der Waals surface area (Å²) in [7, 11) is 0. The van der Waals surface area contributed by atoms with Crippen LogP contribution >= 0.6 is 23.6 Å². The van der Waals surface area contributed by atoms with Crippen molar-refractivity contribution in [2.24, 2.45) is 0 Å². The van der Waals surface area contributed by atoms with Gasteiger partial charge < -0.3 is 4.98 Å². The standard InChI is InChI=1S/C20H14F2N4OS2/c21-16-6-1-12(10-17(16)22)9-15-11-24-19(29-15)25-18(27)13-2-4-14(5-3-13)26-8-7-23-20(26)28/h1-8,10-11H,9H2,(H,23,28)(H,24,25,27). The van der Waals surface area contributed by atoms with E-state index in [0.29, 0.717) is 27.5 Å². The van der Waals surface area contributed by atoms with Crippen molar-refractivity contribution in [1.82, 2.24) is 14.5 Å². The lowest BCUT2D eigenvalue weighted by atomic mass is 10.1. The van der Waals surface area contributed by atoms with Crippen molar-refractivity contribution in [3.8, 4) is 5.69 Å². The molecule has 146 valence electrons. The number of nitrogens with one attached hydrogen (secondary N) is 2. The molecule has 4 aromatic rings. The molecule has 0 spiro atoms. The van der Waals surface area contributed by atoms with Crippen molar-refractivity contribution < 1.29 is 13.6 Å². The van der Waals surface area contributed by atoms with Gasteiger partial charge >= 0.3 is 0 Å². The minimum absolute atomic E-state index is 0.289. The molecule has 5 nitrogen and oxygen atoms in total. The van der Waals surface area contributed by atoms with Crippen LogP contribution in [-0.4, -0.2) is 20.4 Å². The van der Waals surface area contributed by atoms with E-state index in [-0.39, 0.29) is 5.91 Å². The van der Waals surface area contributed by atoms with Gasteiger partial charge in [0.15, 0.2) is 21.5 Å². The van der Waals surface area contributed by atoms with E-state index in [1.807, 2.05) is 6.20 Å². The molecule has 29 heavy (non-hydrogen) atoms. The number of halogens is 2. The summed E-state index contributed by atoms with van der Waals surface area (Å²) in [6.07, 6.45) is 5.56. The lowest BCUT2D eigenvalue weighted by molar-refractivity contribution is 0.102. The zero-order chi connectivity index (χ0) is 20.4. The molecule has 0 atom stereocenters. The number of amides is 1. The third-order valence-electron chi connectivity index (χ3n) is 4.19. The monoisotopic (exact) mass is 428 g/mol. The molecule has 0 aliphatic rings. The van der Waals surface area contributed by atoms with Crippen molar-refractivity contribution in [2.75, 3.05) is 5.32 Å². The highest BCUT2D eigenvalue weighted by atomic mass is 32.1. The second-order valence-electron chi connectivity index (χ2n) is 6.19. The Kier molecular flexibility index (Phi) is 5.32. The molecule has 0 saturated heterocycles. The molecule has 0 bridgehead atoms. The average Bonchev–Trinajstić information content (AvgIpc) is 3.33. The van der Waals surface area contributed by atoms with Crippen LogP contribution in [0.2, 0.25) is 0 Å². The molecule has 2 aromatic carbocycles. The van der Waals surface area contributed by atoms with E-state index >= 15 is 0 Å². The second kappa shape index (κ2) is 8.06. The number of aromatic amines is 1. The van der Waals surface area contributed by atoms with E-state index in [1.165, 1.54) is 17.4 Å². The number of anilines is 1. The molecule has 0 radical (unpaired) electrons. The molecule has 4 rings (SSSR count). The van der Waals surface area contributed by atoms with Crippen LogP contribution in [0, 0.1) is 16.4 Å². The molecule has 2 aromatic heterocycles. The number of H-pyrrole nitrogens is 1. The highest BCUT2D eigenvalue weighted by Crippen LogP contribution is 2.23. The van der Waals surface area contributed by atoms with E-state index in [0.717, 1.165) is 22.7 Å². The predicted octanol–water partition coefficient (Wildman–Crippen LogP) is 5.11. The molecular formula is C20H14F2N4OS2. The first-order chi connectivity index (χ1) is 14.0. The van der Waals surface area contributed by atoms with Crippen LogP contribution in [0.5, 0.6) is 0 Å². The van der Waals surface area contributed by atoms with Gasteiger partial charge in [-0.1, -0.05) is 6.07 Å². The van der Waals surface area contributed by atoms with Crippen LogP contribution in [-0.2, 0) is 6.42 Å². The van der Waals surface area contributed by atoms with Crippen molar-refractivity contribution in [2.45, 2.75) is 6.42 Å². The van der Waals surface area contributed by atoms with E-state index in [1.54, 1.807) is 41.2 Å². The number of aromatic nitrogens is 3. The van der Waals surface area contributed by atoms with Gasteiger partial charge in [0.1, 0.15) is 0 Å². The summed E-state index contributed by atoms with van der Waals surface area (Å²) in [5, 5.41) is 3.19. The van der Waals surface area contributed by atoms with Gasteiger partial charge in [-0.25, -0.2) is 13.8 Å². The number of hydrogen-bond acceptors (Lipinski definition) is 4. The van der Waals surface area contributed by atoms with Crippen molar-refractivity contribution in [3.05, 3.63) is 93.5 Å². The number of carbonyl (C=O) groups excluding carboxylic acids is 1. The van der Waals surface area contributed by atoms with E-state index in [9.17, 15) is 13.6 Å². The third-order valence-corrected chi connectivity index (χ3v) is 5.42. The smallest absolute Gasteiger partial charge is 0.257 e. The molecule has 9 heteroatoms. The Labute approximate surface area is 173 Å². The number of rotatable bonds is 5. The first-order valence-corrected chi connectivity index (χ1v) is 9.78. The molecule has 1 amide bonds. The van der Waals surface area contributed by atoms with Gasteiger partial charge in [0.2, 0.25) is 0 Å². The van der Waals surface area contributed by atoms with Gasteiger partial charge in [-0.3, -0.25) is 14.7 Å². The number of thiazole rings is 1. The number of imidazole rings is 1. The molecule has 0 aliphatic carbocycles. The largest absolute Gasteiger partial charge is 0.337 e. The normalized spacial score (nSPS) is 10.8. The van der Waals surface area contributed by atoms with E-state index in [4.69, 9.17) is 12.2 Å². The minimum atomic E-state index is -0.884. The molecule has 0 unspecified atom stereocenters. The summed E-state index contributed by atoms with van der Waals surface area (Å²) in [4.78, 5) is 20.4. The summed E-state index contributed by atoms with van der Waals surface area (Å²) in [6.45, 7) is 0. The lowest BCUT2D eigenvalue weighted by Gasteiger charge is -2.05. The zero-order valence-corrected chi connectivity index (χ0v) is 16.5. The lowest BCUT2D eigenvalue weighted by Crippen LogP contribution is -2.11. The summed E-state index contributed by atoms with van der Waals surface area (Å²) >= 11 is 6.47. The quantitative estimate of drug-likeness (QED) is 0.434. The molecule has 0 saturated carbocycles.